The van der Waals surface area contributed by atoms with Gasteiger partial charge in [0.15, 0.2) is 0 Å². The molecule has 2 N–H and O–H groups in total. The van der Waals surface area contributed by atoms with Crippen LogP contribution in [0.5, 0.6) is 0 Å². The molecule has 0 radical (unpaired) electrons. The summed E-state index contributed by atoms with van der Waals surface area (Å²) in [6.45, 7) is 2.38. The molecule has 3 nitrogen and oxygen atoms in total. The molecule has 2 rings (SSSR count). The Morgan fingerprint density at radius 1 is 1.39 bits per heavy atom. The molecule has 0 unspecified atom stereocenters. The maximum atomic E-state index is 13.6. The number of benzene rings is 1. The summed E-state index contributed by atoms with van der Waals surface area (Å²) in [5, 5.41) is 5.29. The zero-order valence-corrected chi connectivity index (χ0v) is 11.3. The van der Waals surface area contributed by atoms with E-state index < -0.39 is 0 Å². The number of thioether (sulfide) groups is 1. The van der Waals surface area contributed by atoms with E-state index >= 15 is 0 Å². The van der Waals surface area contributed by atoms with Crippen LogP contribution in [0.15, 0.2) is 29.3 Å². The third-order valence-electron chi connectivity index (χ3n) is 2.68. The molecule has 0 aliphatic carbocycles. The van der Waals surface area contributed by atoms with Crippen LogP contribution in [-0.4, -0.2) is 9.78 Å². The third kappa shape index (κ3) is 2.91. The zero-order chi connectivity index (χ0) is 13.1. The Hall–Kier alpha value is -1.33. The van der Waals surface area contributed by atoms with Crippen LogP contribution in [-0.2, 0) is 19.3 Å². The summed E-state index contributed by atoms with van der Waals surface area (Å²) >= 11 is 1.57. The van der Waals surface area contributed by atoms with Gasteiger partial charge in [-0.05, 0) is 30.2 Å². The van der Waals surface area contributed by atoms with Crippen molar-refractivity contribution in [2.24, 2.45) is 12.8 Å². The fourth-order valence-electron chi connectivity index (χ4n) is 1.74. The van der Waals surface area contributed by atoms with Crippen LogP contribution in [0.2, 0.25) is 0 Å². The summed E-state index contributed by atoms with van der Waals surface area (Å²) in [4.78, 5) is 0. The number of halogens is 1. The van der Waals surface area contributed by atoms with E-state index in [1.54, 1.807) is 17.8 Å². The topological polar surface area (TPSA) is 43.8 Å². The largest absolute Gasteiger partial charge is 0.326 e. The Labute approximate surface area is 110 Å². The second-order valence-corrected chi connectivity index (χ2v) is 5.16. The van der Waals surface area contributed by atoms with Gasteiger partial charge in [0.1, 0.15) is 5.82 Å². The molecule has 1 heterocycles. The summed E-state index contributed by atoms with van der Waals surface area (Å²) in [5.41, 5.74) is 8.16. The highest BCUT2D eigenvalue weighted by Gasteiger charge is 2.07. The lowest BCUT2D eigenvalue weighted by molar-refractivity contribution is 0.616. The molecular formula is C13H16FN3S. The first-order chi connectivity index (χ1) is 8.60. The minimum Gasteiger partial charge on any atom is -0.326 e. The molecule has 0 bridgehead atoms. The van der Waals surface area contributed by atoms with Gasteiger partial charge in [0, 0.05) is 19.3 Å². The van der Waals surface area contributed by atoms with E-state index in [-0.39, 0.29) is 5.82 Å². The Morgan fingerprint density at radius 2 is 2.17 bits per heavy atom. The summed E-state index contributed by atoms with van der Waals surface area (Å²) in [6, 6.07) is 7.02. The van der Waals surface area contributed by atoms with Crippen molar-refractivity contribution in [2.45, 2.75) is 24.2 Å². The van der Waals surface area contributed by atoms with Crippen LogP contribution in [0.1, 0.15) is 16.8 Å². The van der Waals surface area contributed by atoms with Crippen molar-refractivity contribution in [3.8, 4) is 0 Å². The molecule has 1 aromatic carbocycles. The molecule has 0 saturated heterocycles. The predicted molar refractivity (Wildman–Crippen MR) is 71.8 cm³/mol. The van der Waals surface area contributed by atoms with Gasteiger partial charge in [0.2, 0.25) is 0 Å². The van der Waals surface area contributed by atoms with Gasteiger partial charge in [-0.25, -0.2) is 4.39 Å². The highest BCUT2D eigenvalue weighted by atomic mass is 32.2. The van der Waals surface area contributed by atoms with Crippen LogP contribution >= 0.6 is 11.8 Å². The maximum absolute atomic E-state index is 13.6. The van der Waals surface area contributed by atoms with Gasteiger partial charge in [-0.2, -0.15) is 5.10 Å². The van der Waals surface area contributed by atoms with Gasteiger partial charge < -0.3 is 5.73 Å². The first-order valence-electron chi connectivity index (χ1n) is 5.71. The molecule has 0 saturated carbocycles. The van der Waals surface area contributed by atoms with E-state index in [1.807, 2.05) is 30.8 Å². The Morgan fingerprint density at radius 3 is 2.78 bits per heavy atom. The monoisotopic (exact) mass is 265 g/mol. The average Bonchev–Trinajstić information content (AvgIpc) is 2.67. The van der Waals surface area contributed by atoms with Gasteiger partial charge in [-0.3, -0.25) is 4.68 Å². The van der Waals surface area contributed by atoms with Gasteiger partial charge in [0.25, 0.3) is 0 Å². The Kier molecular flexibility index (Phi) is 4.04. The molecule has 1 aromatic heterocycles. The molecule has 18 heavy (non-hydrogen) atoms. The maximum Gasteiger partial charge on any atom is 0.127 e. The molecule has 96 valence electrons. The molecule has 0 aliphatic rings. The van der Waals surface area contributed by atoms with Crippen LogP contribution in [0.25, 0.3) is 0 Å². The van der Waals surface area contributed by atoms with Crippen molar-refractivity contribution in [1.29, 1.82) is 0 Å². The highest BCUT2D eigenvalue weighted by Crippen LogP contribution is 2.24. The number of rotatable bonds is 4. The third-order valence-corrected chi connectivity index (χ3v) is 3.81. The summed E-state index contributed by atoms with van der Waals surface area (Å²) < 4.78 is 15.4. The minimum absolute atomic E-state index is 0.182. The number of nitrogens with two attached hydrogens (primary N) is 1. The Bertz CT molecular complexity index is 551. The lowest BCUT2D eigenvalue weighted by Gasteiger charge is -2.05. The number of aryl methyl sites for hydroxylation is 2. The van der Waals surface area contributed by atoms with Crippen molar-refractivity contribution in [2.75, 3.05) is 0 Å². The van der Waals surface area contributed by atoms with Crippen LogP contribution < -0.4 is 5.73 Å². The van der Waals surface area contributed by atoms with Gasteiger partial charge in [-0.15, -0.1) is 11.8 Å². The summed E-state index contributed by atoms with van der Waals surface area (Å²) in [6.07, 6.45) is 0. The Balaban J connectivity index is 2.12. The molecule has 0 spiro atoms. The molecule has 2 aromatic rings. The second-order valence-electron chi connectivity index (χ2n) is 4.17. The first kappa shape index (κ1) is 13.1. The molecule has 0 atom stereocenters. The molecular weight excluding hydrogens is 249 g/mol. The predicted octanol–water partition coefficient (Wildman–Crippen LogP) is 2.62. The van der Waals surface area contributed by atoms with Gasteiger partial charge >= 0.3 is 0 Å². The van der Waals surface area contributed by atoms with E-state index in [0.717, 1.165) is 16.3 Å². The molecule has 0 amide bonds. The fraction of sp³-hybridized carbons (Fsp3) is 0.308. The lowest BCUT2D eigenvalue weighted by atomic mass is 10.1. The van der Waals surface area contributed by atoms with Crippen LogP contribution in [0.4, 0.5) is 4.39 Å². The number of hydrogen-bond acceptors (Lipinski definition) is 3. The first-order valence-corrected chi connectivity index (χ1v) is 6.69. The number of aromatic nitrogens is 2. The van der Waals surface area contributed by atoms with Crippen molar-refractivity contribution in [3.63, 3.8) is 0 Å². The van der Waals surface area contributed by atoms with E-state index in [9.17, 15) is 4.39 Å². The van der Waals surface area contributed by atoms with E-state index in [1.165, 1.54) is 6.07 Å². The SMILES string of the molecule is Cc1cc(SCc2cc(CN)ccc2F)n(C)n1. The standard InChI is InChI=1S/C13H16FN3S/c1-9-5-13(17(2)16-9)18-8-11-6-10(7-15)3-4-12(11)14/h3-6H,7-8,15H2,1-2H3. The summed E-state index contributed by atoms with van der Waals surface area (Å²) in [5.74, 6) is 0.400. The normalized spacial score (nSPS) is 10.9. The van der Waals surface area contributed by atoms with Crippen molar-refractivity contribution in [1.82, 2.24) is 9.78 Å². The summed E-state index contributed by atoms with van der Waals surface area (Å²) in [7, 11) is 1.89. The van der Waals surface area contributed by atoms with Crippen molar-refractivity contribution in [3.05, 3.63) is 46.9 Å². The smallest absolute Gasteiger partial charge is 0.127 e. The number of nitrogens with zero attached hydrogens (tertiary/aromatic N) is 2. The van der Waals surface area contributed by atoms with Gasteiger partial charge in [-0.1, -0.05) is 12.1 Å². The lowest BCUT2D eigenvalue weighted by Crippen LogP contribution is -1.99. The van der Waals surface area contributed by atoms with Crippen molar-refractivity contribution >= 4 is 11.8 Å². The molecule has 0 fully saturated rings. The van der Waals surface area contributed by atoms with Crippen LogP contribution in [0, 0.1) is 12.7 Å². The van der Waals surface area contributed by atoms with Crippen molar-refractivity contribution < 1.29 is 4.39 Å². The average molecular weight is 265 g/mol. The highest BCUT2D eigenvalue weighted by molar-refractivity contribution is 7.98. The van der Waals surface area contributed by atoms with E-state index in [4.69, 9.17) is 5.73 Å². The molecule has 5 heteroatoms. The number of hydrogen-bond donors (Lipinski definition) is 1. The fourth-order valence-corrected chi connectivity index (χ4v) is 2.75. The van der Waals surface area contributed by atoms with Crippen LogP contribution in [0.3, 0.4) is 0 Å². The van der Waals surface area contributed by atoms with E-state index in [0.29, 0.717) is 17.9 Å². The zero-order valence-electron chi connectivity index (χ0n) is 10.5. The molecule has 0 aliphatic heterocycles. The minimum atomic E-state index is -0.182. The second kappa shape index (κ2) is 5.54. The van der Waals surface area contributed by atoms with Gasteiger partial charge in [0.05, 0.1) is 10.7 Å². The van der Waals surface area contributed by atoms with E-state index in [2.05, 4.69) is 5.10 Å². The quantitative estimate of drug-likeness (QED) is 0.864.